The third kappa shape index (κ3) is 5.87. The maximum atomic E-state index is 12.6. The monoisotopic (exact) mass is 242 g/mol. The molecule has 15 heavy (non-hydrogen) atoms. The van der Waals surface area contributed by atoms with E-state index in [1.807, 2.05) is 0 Å². The van der Waals surface area contributed by atoms with E-state index in [0.29, 0.717) is 11.1 Å². The van der Waals surface area contributed by atoms with E-state index in [0.717, 1.165) is 12.1 Å². The van der Waals surface area contributed by atoms with Gasteiger partial charge in [0.05, 0.1) is 0 Å². The van der Waals surface area contributed by atoms with Gasteiger partial charge in [-0.25, -0.2) is 4.39 Å². The first-order valence-corrected chi connectivity index (χ1v) is 4.04. The predicted molar refractivity (Wildman–Crippen MR) is 49.2 cm³/mol. The molecule has 1 aromatic rings. The Hall–Kier alpha value is 0.381. The van der Waals surface area contributed by atoms with Gasteiger partial charge in [-0.15, -0.1) is 5.98 Å². The zero-order valence-electron chi connectivity index (χ0n) is 8.48. The van der Waals surface area contributed by atoms with Gasteiger partial charge in [0, 0.05) is 0 Å². The van der Waals surface area contributed by atoms with Crippen LogP contribution in [-0.2, 0) is 0 Å². The number of aryl methyl sites for hydroxylation is 1. The average molecular weight is 242 g/mol. The summed E-state index contributed by atoms with van der Waals surface area (Å²) in [5.74, 6) is -0.252. The zero-order chi connectivity index (χ0) is 10.8. The van der Waals surface area contributed by atoms with E-state index in [4.69, 9.17) is 0 Å². The molecule has 0 fully saturated rings. The topological polar surface area (TPSA) is 0 Å². The minimum atomic E-state index is -4.93. The number of halogens is 4. The standard InChI is InChI=1S/C9H8BF4.K/c1-7-6-9(11)3-2-8(7)4-5-10(12,13)14;/h2-6H,1H3;/q-1;+1/b5-4+;. The molecular formula is C9H8BF4K. The van der Waals surface area contributed by atoms with Gasteiger partial charge in [0.2, 0.25) is 0 Å². The van der Waals surface area contributed by atoms with E-state index in [1.165, 1.54) is 12.1 Å². The van der Waals surface area contributed by atoms with Crippen molar-refractivity contribution >= 4 is 13.1 Å². The van der Waals surface area contributed by atoms with Gasteiger partial charge in [0.25, 0.3) is 0 Å². The molecule has 0 N–H and O–H groups in total. The van der Waals surface area contributed by atoms with E-state index in [9.17, 15) is 17.3 Å². The van der Waals surface area contributed by atoms with Gasteiger partial charge in [0.15, 0.2) is 0 Å². The Morgan fingerprint density at radius 3 is 2.27 bits per heavy atom. The second kappa shape index (κ2) is 6.20. The van der Waals surface area contributed by atoms with Gasteiger partial charge < -0.3 is 12.9 Å². The van der Waals surface area contributed by atoms with Gasteiger partial charge in [-0.3, -0.25) is 0 Å². The Morgan fingerprint density at radius 1 is 1.20 bits per heavy atom. The summed E-state index contributed by atoms with van der Waals surface area (Å²) in [7, 11) is 0. The minimum Gasteiger partial charge on any atom is -0.445 e. The maximum Gasteiger partial charge on any atom is 1.00 e. The molecule has 0 nitrogen and oxygen atoms in total. The summed E-state index contributed by atoms with van der Waals surface area (Å²) in [4.78, 5) is 0. The second-order valence-electron chi connectivity index (χ2n) is 2.99. The number of benzene rings is 1. The van der Waals surface area contributed by atoms with Crippen LogP contribution in [0.2, 0.25) is 0 Å². The van der Waals surface area contributed by atoms with Crippen molar-refractivity contribution in [3.8, 4) is 0 Å². The van der Waals surface area contributed by atoms with Crippen molar-refractivity contribution in [2.45, 2.75) is 6.92 Å². The third-order valence-electron chi connectivity index (χ3n) is 1.73. The number of hydrogen-bond donors (Lipinski definition) is 0. The van der Waals surface area contributed by atoms with Gasteiger partial charge >= 0.3 is 58.4 Å². The van der Waals surface area contributed by atoms with Crippen LogP contribution in [0.15, 0.2) is 24.2 Å². The Morgan fingerprint density at radius 2 is 1.80 bits per heavy atom. The molecule has 76 valence electrons. The van der Waals surface area contributed by atoms with Crippen molar-refractivity contribution in [3.05, 3.63) is 41.1 Å². The van der Waals surface area contributed by atoms with Crippen molar-refractivity contribution in [2.24, 2.45) is 0 Å². The Labute approximate surface area is 128 Å². The zero-order valence-corrected chi connectivity index (χ0v) is 11.6. The normalized spacial score (nSPS) is 11.5. The van der Waals surface area contributed by atoms with Crippen LogP contribution in [0.1, 0.15) is 11.1 Å². The molecule has 0 saturated heterocycles. The first-order chi connectivity index (χ1) is 6.38. The van der Waals surface area contributed by atoms with E-state index >= 15 is 0 Å². The molecule has 0 saturated carbocycles. The summed E-state index contributed by atoms with van der Waals surface area (Å²) in [5.41, 5.74) is 0.868. The predicted octanol–water partition coefficient (Wildman–Crippen LogP) is 0.538. The summed E-state index contributed by atoms with van der Waals surface area (Å²) < 4.78 is 48.1. The van der Waals surface area contributed by atoms with Crippen LogP contribution in [0, 0.1) is 12.7 Å². The fourth-order valence-electron chi connectivity index (χ4n) is 1.04. The molecule has 0 heterocycles. The molecule has 0 amide bonds. The molecule has 0 bridgehead atoms. The van der Waals surface area contributed by atoms with E-state index in [2.05, 4.69) is 0 Å². The molecule has 0 spiro atoms. The molecule has 0 atom stereocenters. The van der Waals surface area contributed by atoms with Crippen LogP contribution >= 0.6 is 0 Å². The van der Waals surface area contributed by atoms with Gasteiger partial charge in [-0.2, -0.15) is 0 Å². The summed E-state index contributed by atoms with van der Waals surface area (Å²) in [6.45, 7) is -3.36. The Bertz CT molecular complexity index is 360. The van der Waals surface area contributed by atoms with Crippen LogP contribution in [0.5, 0.6) is 0 Å². The quantitative estimate of drug-likeness (QED) is 0.524. The SMILES string of the molecule is Cc1cc(F)ccc1/C=C/[B-](F)(F)F.[K+]. The third-order valence-corrected chi connectivity index (χ3v) is 1.73. The fraction of sp³-hybridized carbons (Fsp3) is 0.111. The first kappa shape index (κ1) is 15.4. The van der Waals surface area contributed by atoms with Crippen LogP contribution < -0.4 is 51.4 Å². The Kier molecular flexibility index (Phi) is 6.36. The largest absolute Gasteiger partial charge is 1.00 e. The van der Waals surface area contributed by atoms with E-state index < -0.39 is 12.8 Å². The second-order valence-corrected chi connectivity index (χ2v) is 2.99. The van der Waals surface area contributed by atoms with Crippen molar-refractivity contribution in [3.63, 3.8) is 0 Å². The first-order valence-electron chi connectivity index (χ1n) is 4.04. The van der Waals surface area contributed by atoms with E-state index in [1.54, 1.807) is 6.92 Å². The molecule has 6 heteroatoms. The molecule has 1 rings (SSSR count). The Balaban J connectivity index is 0.00000196. The van der Waals surface area contributed by atoms with Crippen molar-refractivity contribution < 1.29 is 68.7 Å². The van der Waals surface area contributed by atoms with Crippen molar-refractivity contribution in [1.82, 2.24) is 0 Å². The summed E-state index contributed by atoms with van der Waals surface area (Å²) in [5, 5.41) is 0. The van der Waals surface area contributed by atoms with Gasteiger partial charge in [-0.1, -0.05) is 12.1 Å². The van der Waals surface area contributed by atoms with Crippen LogP contribution in [0.3, 0.4) is 0 Å². The van der Waals surface area contributed by atoms with Crippen LogP contribution in [-0.4, -0.2) is 6.98 Å². The van der Waals surface area contributed by atoms with E-state index in [-0.39, 0.29) is 57.4 Å². The number of rotatable bonds is 2. The fourth-order valence-corrected chi connectivity index (χ4v) is 1.04. The summed E-state index contributed by atoms with van der Waals surface area (Å²) >= 11 is 0. The molecular weight excluding hydrogens is 234 g/mol. The average Bonchev–Trinajstić information content (AvgIpc) is 2.00. The minimum absolute atomic E-state index is 0. The maximum absolute atomic E-state index is 12.6. The van der Waals surface area contributed by atoms with Crippen LogP contribution in [0.4, 0.5) is 17.3 Å². The molecule has 0 aliphatic rings. The summed E-state index contributed by atoms with van der Waals surface area (Å²) in [6.07, 6.45) is 0.953. The van der Waals surface area contributed by atoms with Crippen molar-refractivity contribution in [2.75, 3.05) is 0 Å². The summed E-state index contributed by atoms with van der Waals surface area (Å²) in [6, 6.07) is 3.65. The molecule has 0 aromatic heterocycles. The molecule has 1 aromatic carbocycles. The van der Waals surface area contributed by atoms with Gasteiger partial charge in [0.1, 0.15) is 5.82 Å². The molecule has 0 aliphatic carbocycles. The molecule has 0 unspecified atom stereocenters. The van der Waals surface area contributed by atoms with Crippen molar-refractivity contribution in [1.29, 1.82) is 0 Å². The molecule has 0 aliphatic heterocycles. The number of hydrogen-bond acceptors (Lipinski definition) is 0. The van der Waals surface area contributed by atoms with Crippen LogP contribution in [0.25, 0.3) is 6.08 Å². The van der Waals surface area contributed by atoms with Gasteiger partial charge in [-0.05, 0) is 30.2 Å². The molecule has 0 radical (unpaired) electrons. The smallest absolute Gasteiger partial charge is 0.445 e.